The number of hydrogen-bond donors (Lipinski definition) is 2. The van der Waals surface area contributed by atoms with Gasteiger partial charge in [-0.05, 0) is 30.5 Å². The van der Waals surface area contributed by atoms with Crippen LogP contribution in [0.5, 0.6) is 0 Å². The Morgan fingerprint density at radius 2 is 1.95 bits per heavy atom. The lowest BCUT2D eigenvalue weighted by Gasteiger charge is -2.12. The van der Waals surface area contributed by atoms with Crippen molar-refractivity contribution in [1.29, 1.82) is 0 Å². The lowest BCUT2D eigenvalue weighted by atomic mass is 10.1. The number of hydrogen-bond acceptors (Lipinski definition) is 3. The first kappa shape index (κ1) is 20.2. The maximum atomic E-state index is 11.6. The lowest BCUT2D eigenvalue weighted by molar-refractivity contribution is 0.601. The molecule has 1 rings (SSSR count). The molecule has 0 aliphatic rings. The Kier molecular flexibility index (Phi) is 8.88. The highest BCUT2D eigenvalue weighted by Gasteiger charge is 2.10. The summed E-state index contributed by atoms with van der Waals surface area (Å²) < 4.78 is 23.1. The highest BCUT2D eigenvalue weighted by molar-refractivity contribution is 14.0. The average Bonchev–Trinajstić information content (AvgIpc) is 2.37. The van der Waals surface area contributed by atoms with Crippen LogP contribution < -0.4 is 10.6 Å². The zero-order chi connectivity index (χ0) is 15.2. The summed E-state index contributed by atoms with van der Waals surface area (Å²) in [5, 5.41) is 6.38. The summed E-state index contributed by atoms with van der Waals surface area (Å²) in [4.78, 5) is 4.50. The summed E-state index contributed by atoms with van der Waals surface area (Å²) in [5.41, 5.74) is 1.79. The average molecular weight is 425 g/mol. The Morgan fingerprint density at radius 3 is 2.43 bits per heavy atom. The predicted octanol–water partition coefficient (Wildman–Crippen LogP) is 2.09. The zero-order valence-electron chi connectivity index (χ0n) is 12.9. The van der Waals surface area contributed by atoms with Gasteiger partial charge in [0.05, 0.1) is 4.90 Å². The largest absolute Gasteiger partial charge is 0.356 e. The van der Waals surface area contributed by atoms with Crippen LogP contribution >= 0.6 is 24.0 Å². The molecule has 0 aromatic heterocycles. The van der Waals surface area contributed by atoms with Gasteiger partial charge in [-0.15, -0.1) is 24.0 Å². The minimum Gasteiger partial charge on any atom is -0.356 e. The monoisotopic (exact) mass is 425 g/mol. The number of aliphatic imine (C=N–C) groups is 1. The van der Waals surface area contributed by atoms with Gasteiger partial charge in [0, 0.05) is 26.4 Å². The first-order valence-corrected chi connectivity index (χ1v) is 8.51. The molecule has 0 bridgehead atoms. The van der Waals surface area contributed by atoms with E-state index in [1.807, 2.05) is 19.1 Å². The van der Waals surface area contributed by atoms with Crippen LogP contribution in [-0.2, 0) is 16.4 Å². The van der Waals surface area contributed by atoms with Crippen molar-refractivity contribution in [2.75, 3.05) is 19.8 Å². The van der Waals surface area contributed by atoms with E-state index < -0.39 is 9.84 Å². The van der Waals surface area contributed by atoms with Crippen molar-refractivity contribution in [1.82, 2.24) is 10.6 Å². The van der Waals surface area contributed by atoms with Crippen molar-refractivity contribution in [3.05, 3.63) is 29.3 Å². The molecule has 21 heavy (non-hydrogen) atoms. The standard InChI is InChI=1S/C14H23N3O2S.HI/c1-5-8-16-14(15-3)17-10-12-6-7-13(11(2)9-12)20(4,18)19;/h6-7,9H,5,8,10H2,1-4H3,(H2,15,16,17);1H. The van der Waals surface area contributed by atoms with Crippen LogP contribution in [0.1, 0.15) is 24.5 Å². The molecule has 0 heterocycles. The van der Waals surface area contributed by atoms with Gasteiger partial charge in [0.25, 0.3) is 0 Å². The van der Waals surface area contributed by atoms with Crippen LogP contribution in [-0.4, -0.2) is 34.2 Å². The van der Waals surface area contributed by atoms with E-state index in [4.69, 9.17) is 0 Å². The second-order valence-electron chi connectivity index (χ2n) is 4.72. The predicted molar refractivity (Wildman–Crippen MR) is 98.2 cm³/mol. The normalized spacial score (nSPS) is 11.7. The van der Waals surface area contributed by atoms with E-state index in [1.54, 1.807) is 13.1 Å². The number of nitrogens with zero attached hydrogens (tertiary/aromatic N) is 1. The Bertz CT molecular complexity index is 586. The number of halogens is 1. The molecule has 1 aromatic carbocycles. The second-order valence-corrected chi connectivity index (χ2v) is 6.71. The third-order valence-corrected chi connectivity index (χ3v) is 4.12. The molecular formula is C14H24IN3O2S. The van der Waals surface area contributed by atoms with Gasteiger partial charge in [-0.3, -0.25) is 4.99 Å². The summed E-state index contributed by atoms with van der Waals surface area (Å²) in [6.45, 7) is 5.37. The van der Waals surface area contributed by atoms with Gasteiger partial charge in [-0.2, -0.15) is 0 Å². The van der Waals surface area contributed by atoms with E-state index in [2.05, 4.69) is 22.5 Å². The maximum absolute atomic E-state index is 11.6. The second kappa shape index (κ2) is 9.24. The summed E-state index contributed by atoms with van der Waals surface area (Å²) >= 11 is 0. The molecule has 0 spiro atoms. The van der Waals surface area contributed by atoms with E-state index in [9.17, 15) is 8.42 Å². The minimum absolute atomic E-state index is 0. The van der Waals surface area contributed by atoms with Crippen LogP contribution in [0.2, 0.25) is 0 Å². The van der Waals surface area contributed by atoms with Crippen molar-refractivity contribution < 1.29 is 8.42 Å². The van der Waals surface area contributed by atoms with Gasteiger partial charge < -0.3 is 10.6 Å². The van der Waals surface area contributed by atoms with Gasteiger partial charge in [-0.1, -0.05) is 19.1 Å². The molecule has 0 atom stereocenters. The summed E-state index contributed by atoms with van der Waals surface area (Å²) in [6, 6.07) is 5.36. The minimum atomic E-state index is -3.15. The van der Waals surface area contributed by atoms with Crippen molar-refractivity contribution in [3.8, 4) is 0 Å². The van der Waals surface area contributed by atoms with Crippen molar-refractivity contribution >= 4 is 39.8 Å². The van der Waals surface area contributed by atoms with Gasteiger partial charge in [-0.25, -0.2) is 8.42 Å². The van der Waals surface area contributed by atoms with Crippen LogP contribution in [0.15, 0.2) is 28.1 Å². The molecule has 120 valence electrons. The van der Waals surface area contributed by atoms with Gasteiger partial charge in [0.2, 0.25) is 0 Å². The van der Waals surface area contributed by atoms with Gasteiger partial charge in [0.1, 0.15) is 0 Å². The van der Waals surface area contributed by atoms with E-state index in [0.29, 0.717) is 11.4 Å². The smallest absolute Gasteiger partial charge is 0.191 e. The fourth-order valence-corrected chi connectivity index (χ4v) is 2.85. The van der Waals surface area contributed by atoms with Crippen LogP contribution in [0.25, 0.3) is 0 Å². The van der Waals surface area contributed by atoms with Crippen LogP contribution in [0.4, 0.5) is 0 Å². The summed E-state index contributed by atoms with van der Waals surface area (Å²) in [6.07, 6.45) is 2.26. The summed E-state index contributed by atoms with van der Waals surface area (Å²) in [5.74, 6) is 0.747. The third kappa shape index (κ3) is 6.64. The lowest BCUT2D eigenvalue weighted by Crippen LogP contribution is -2.37. The molecular weight excluding hydrogens is 401 g/mol. The molecule has 0 unspecified atom stereocenters. The molecule has 0 aliphatic carbocycles. The number of aryl methyl sites for hydroxylation is 1. The number of nitrogens with one attached hydrogen (secondary N) is 2. The topological polar surface area (TPSA) is 70.6 Å². The van der Waals surface area contributed by atoms with E-state index in [0.717, 1.165) is 30.1 Å². The molecule has 7 heteroatoms. The van der Waals surface area contributed by atoms with E-state index >= 15 is 0 Å². The molecule has 0 fully saturated rings. The molecule has 0 radical (unpaired) electrons. The fourth-order valence-electron chi connectivity index (χ4n) is 1.89. The molecule has 2 N–H and O–H groups in total. The fraction of sp³-hybridized carbons (Fsp3) is 0.500. The van der Waals surface area contributed by atoms with Crippen molar-refractivity contribution in [3.63, 3.8) is 0 Å². The molecule has 0 saturated heterocycles. The van der Waals surface area contributed by atoms with E-state index in [1.165, 1.54) is 6.26 Å². The van der Waals surface area contributed by atoms with Crippen molar-refractivity contribution in [2.24, 2.45) is 4.99 Å². The first-order valence-electron chi connectivity index (χ1n) is 6.62. The number of rotatable bonds is 5. The molecule has 0 aliphatic heterocycles. The highest BCUT2D eigenvalue weighted by atomic mass is 127. The van der Waals surface area contributed by atoms with Gasteiger partial charge >= 0.3 is 0 Å². The third-order valence-electron chi connectivity index (χ3n) is 2.86. The number of sulfone groups is 1. The Balaban J connectivity index is 0.00000400. The van der Waals surface area contributed by atoms with Crippen molar-refractivity contribution in [2.45, 2.75) is 31.7 Å². The number of benzene rings is 1. The molecule has 5 nitrogen and oxygen atoms in total. The molecule has 0 amide bonds. The Labute approximate surface area is 144 Å². The van der Waals surface area contributed by atoms with Crippen LogP contribution in [0.3, 0.4) is 0 Å². The zero-order valence-corrected chi connectivity index (χ0v) is 16.1. The Hall–Kier alpha value is -0.830. The number of guanidine groups is 1. The molecule has 1 aromatic rings. The van der Waals surface area contributed by atoms with Gasteiger partial charge in [0.15, 0.2) is 15.8 Å². The quantitative estimate of drug-likeness (QED) is 0.431. The van der Waals surface area contributed by atoms with Crippen LogP contribution in [0, 0.1) is 6.92 Å². The highest BCUT2D eigenvalue weighted by Crippen LogP contribution is 2.16. The summed E-state index contributed by atoms with van der Waals surface area (Å²) in [7, 11) is -1.43. The SMILES string of the molecule is CCCNC(=NC)NCc1ccc(S(C)(=O)=O)c(C)c1.I. The first-order chi connectivity index (χ1) is 9.38. The molecule has 0 saturated carbocycles. The Morgan fingerprint density at radius 1 is 1.29 bits per heavy atom. The van der Waals surface area contributed by atoms with E-state index in [-0.39, 0.29) is 24.0 Å². The maximum Gasteiger partial charge on any atom is 0.191 e.